The molecule has 0 aliphatic carbocycles. The zero-order chi connectivity index (χ0) is 13.8. The molecule has 1 aromatic carbocycles. The fourth-order valence-corrected chi connectivity index (χ4v) is 2.53. The lowest BCUT2D eigenvalue weighted by atomic mass is 10.0. The molecule has 2 rings (SSSR count). The molecule has 2 aromatic rings. The van der Waals surface area contributed by atoms with Crippen LogP contribution < -0.4 is 5.73 Å². The molecule has 1 aromatic heterocycles. The van der Waals surface area contributed by atoms with Crippen molar-refractivity contribution >= 4 is 0 Å². The zero-order valence-electron chi connectivity index (χ0n) is 11.9. The summed E-state index contributed by atoms with van der Waals surface area (Å²) in [5.74, 6) is 0.963. The van der Waals surface area contributed by atoms with Gasteiger partial charge in [-0.25, -0.2) is 0 Å². The van der Waals surface area contributed by atoms with E-state index in [9.17, 15) is 0 Å². The fourth-order valence-electron chi connectivity index (χ4n) is 2.53. The Bertz CT molecular complexity index is 499. The highest BCUT2D eigenvalue weighted by atomic mass is 16.3. The smallest absolute Gasteiger partial charge is 0.117 e. The Kier molecular flexibility index (Phi) is 4.40. The molecular formula is C16H22N2O. The third kappa shape index (κ3) is 3.46. The number of nitrogens with two attached hydrogens (primary N) is 1. The van der Waals surface area contributed by atoms with Crippen molar-refractivity contribution in [3.8, 4) is 0 Å². The van der Waals surface area contributed by atoms with Gasteiger partial charge in [-0.15, -0.1) is 0 Å². The van der Waals surface area contributed by atoms with E-state index in [1.54, 1.807) is 6.26 Å². The number of hydrogen-bond acceptors (Lipinski definition) is 3. The Labute approximate surface area is 115 Å². The largest absolute Gasteiger partial charge is 0.468 e. The van der Waals surface area contributed by atoms with Gasteiger partial charge >= 0.3 is 0 Å². The van der Waals surface area contributed by atoms with Crippen molar-refractivity contribution in [2.75, 3.05) is 13.6 Å². The highest BCUT2D eigenvalue weighted by molar-refractivity contribution is 5.31. The molecule has 2 N–H and O–H groups in total. The van der Waals surface area contributed by atoms with Gasteiger partial charge in [0, 0.05) is 12.6 Å². The van der Waals surface area contributed by atoms with Crippen LogP contribution in [0, 0.1) is 13.8 Å². The number of rotatable bonds is 5. The highest BCUT2D eigenvalue weighted by Crippen LogP contribution is 2.22. The SMILES string of the molecule is Cc1cc(C)cc(C(CN)N(C)Cc2ccco2)c1. The van der Waals surface area contributed by atoms with E-state index in [2.05, 4.69) is 44.0 Å². The molecule has 0 radical (unpaired) electrons. The van der Waals surface area contributed by atoms with E-state index in [-0.39, 0.29) is 6.04 Å². The van der Waals surface area contributed by atoms with Crippen molar-refractivity contribution in [2.24, 2.45) is 5.73 Å². The summed E-state index contributed by atoms with van der Waals surface area (Å²) in [5, 5.41) is 0. The van der Waals surface area contributed by atoms with Crippen molar-refractivity contribution in [2.45, 2.75) is 26.4 Å². The lowest BCUT2D eigenvalue weighted by molar-refractivity contribution is 0.223. The van der Waals surface area contributed by atoms with Gasteiger partial charge in [-0.1, -0.05) is 29.3 Å². The van der Waals surface area contributed by atoms with Crippen molar-refractivity contribution in [3.63, 3.8) is 0 Å². The quantitative estimate of drug-likeness (QED) is 0.896. The molecule has 3 nitrogen and oxygen atoms in total. The number of hydrogen-bond donors (Lipinski definition) is 1. The Balaban J connectivity index is 2.18. The molecule has 0 saturated carbocycles. The second-order valence-corrected chi connectivity index (χ2v) is 5.17. The molecular weight excluding hydrogens is 236 g/mol. The van der Waals surface area contributed by atoms with Gasteiger partial charge in [-0.05, 0) is 38.6 Å². The first-order valence-corrected chi connectivity index (χ1v) is 6.61. The molecule has 0 amide bonds. The van der Waals surface area contributed by atoms with Crippen LogP contribution in [0.25, 0.3) is 0 Å². The Morgan fingerprint density at radius 2 is 1.89 bits per heavy atom. The number of furan rings is 1. The summed E-state index contributed by atoms with van der Waals surface area (Å²) in [6.07, 6.45) is 1.71. The Hall–Kier alpha value is -1.58. The highest BCUT2D eigenvalue weighted by Gasteiger charge is 2.17. The topological polar surface area (TPSA) is 42.4 Å². The maximum Gasteiger partial charge on any atom is 0.117 e. The van der Waals surface area contributed by atoms with Gasteiger partial charge in [-0.2, -0.15) is 0 Å². The van der Waals surface area contributed by atoms with E-state index in [1.165, 1.54) is 16.7 Å². The van der Waals surface area contributed by atoms with Crippen molar-refractivity contribution in [3.05, 3.63) is 59.0 Å². The summed E-state index contributed by atoms with van der Waals surface area (Å²) in [4.78, 5) is 2.23. The molecule has 0 aliphatic heterocycles. The van der Waals surface area contributed by atoms with Crippen LogP contribution in [0.1, 0.15) is 28.5 Å². The van der Waals surface area contributed by atoms with Gasteiger partial charge in [0.05, 0.1) is 12.8 Å². The van der Waals surface area contributed by atoms with Gasteiger partial charge in [0.15, 0.2) is 0 Å². The van der Waals surface area contributed by atoms with E-state index in [1.807, 2.05) is 12.1 Å². The van der Waals surface area contributed by atoms with Crippen LogP contribution in [-0.2, 0) is 6.54 Å². The maximum atomic E-state index is 5.96. The van der Waals surface area contributed by atoms with Crippen molar-refractivity contribution in [1.29, 1.82) is 0 Å². The zero-order valence-corrected chi connectivity index (χ0v) is 11.9. The molecule has 19 heavy (non-hydrogen) atoms. The molecule has 0 bridgehead atoms. The molecule has 3 heteroatoms. The van der Waals surface area contributed by atoms with Crippen LogP contribution in [-0.4, -0.2) is 18.5 Å². The predicted molar refractivity (Wildman–Crippen MR) is 77.9 cm³/mol. The molecule has 0 spiro atoms. The van der Waals surface area contributed by atoms with E-state index >= 15 is 0 Å². The van der Waals surface area contributed by atoms with Gasteiger partial charge in [-0.3, -0.25) is 4.90 Å². The predicted octanol–water partition coefficient (Wildman–Crippen LogP) is 3.03. The molecule has 0 fully saturated rings. The van der Waals surface area contributed by atoms with Gasteiger partial charge in [0.1, 0.15) is 5.76 Å². The third-order valence-corrected chi connectivity index (χ3v) is 3.37. The molecule has 1 heterocycles. The summed E-state index contributed by atoms with van der Waals surface area (Å²) in [5.41, 5.74) is 9.79. The summed E-state index contributed by atoms with van der Waals surface area (Å²) in [7, 11) is 2.08. The number of likely N-dealkylation sites (N-methyl/N-ethyl adjacent to an activating group) is 1. The van der Waals surface area contributed by atoms with Gasteiger partial charge < -0.3 is 10.2 Å². The molecule has 1 atom stereocenters. The van der Waals surface area contributed by atoms with Crippen molar-refractivity contribution in [1.82, 2.24) is 4.90 Å². The standard InChI is InChI=1S/C16H22N2O/c1-12-7-13(2)9-14(8-12)16(10-17)18(3)11-15-5-4-6-19-15/h4-9,16H,10-11,17H2,1-3H3. The van der Waals surface area contributed by atoms with E-state index in [0.29, 0.717) is 6.54 Å². The molecule has 0 saturated heterocycles. The number of aryl methyl sites for hydroxylation is 2. The van der Waals surface area contributed by atoms with Crippen LogP contribution in [0.3, 0.4) is 0 Å². The maximum absolute atomic E-state index is 5.96. The van der Waals surface area contributed by atoms with Crippen LogP contribution >= 0.6 is 0 Å². The second-order valence-electron chi connectivity index (χ2n) is 5.17. The monoisotopic (exact) mass is 258 g/mol. The molecule has 0 aliphatic rings. The minimum Gasteiger partial charge on any atom is -0.468 e. The molecule has 102 valence electrons. The fraction of sp³-hybridized carbons (Fsp3) is 0.375. The minimum atomic E-state index is 0.212. The first-order chi connectivity index (χ1) is 9.10. The van der Waals surface area contributed by atoms with Crippen molar-refractivity contribution < 1.29 is 4.42 Å². The van der Waals surface area contributed by atoms with Crippen LogP contribution in [0.5, 0.6) is 0 Å². The summed E-state index contributed by atoms with van der Waals surface area (Å²) in [6, 6.07) is 10.7. The third-order valence-electron chi connectivity index (χ3n) is 3.37. The second kappa shape index (κ2) is 6.04. The first kappa shape index (κ1) is 13.8. The van der Waals surface area contributed by atoms with Crippen LogP contribution in [0.15, 0.2) is 41.0 Å². The van der Waals surface area contributed by atoms with E-state index in [4.69, 9.17) is 10.2 Å². The van der Waals surface area contributed by atoms with E-state index < -0.39 is 0 Å². The summed E-state index contributed by atoms with van der Waals surface area (Å²) >= 11 is 0. The van der Waals surface area contributed by atoms with Crippen LogP contribution in [0.4, 0.5) is 0 Å². The number of benzene rings is 1. The summed E-state index contributed by atoms with van der Waals surface area (Å²) < 4.78 is 5.40. The minimum absolute atomic E-state index is 0.212. The number of nitrogens with zero attached hydrogens (tertiary/aromatic N) is 1. The first-order valence-electron chi connectivity index (χ1n) is 6.61. The average Bonchev–Trinajstić information content (AvgIpc) is 2.81. The Morgan fingerprint density at radius 3 is 2.42 bits per heavy atom. The lowest BCUT2D eigenvalue weighted by Crippen LogP contribution is -2.30. The van der Waals surface area contributed by atoms with Gasteiger partial charge in [0.2, 0.25) is 0 Å². The summed E-state index contributed by atoms with van der Waals surface area (Å²) in [6.45, 7) is 5.61. The van der Waals surface area contributed by atoms with Crippen LogP contribution in [0.2, 0.25) is 0 Å². The Morgan fingerprint density at radius 1 is 1.21 bits per heavy atom. The molecule has 1 unspecified atom stereocenters. The normalized spacial score (nSPS) is 12.9. The van der Waals surface area contributed by atoms with E-state index in [0.717, 1.165) is 12.3 Å². The average molecular weight is 258 g/mol. The van der Waals surface area contributed by atoms with Gasteiger partial charge in [0.25, 0.3) is 0 Å². The lowest BCUT2D eigenvalue weighted by Gasteiger charge is -2.27.